The number of hydrogen-bond donors (Lipinski definition) is 1. The van der Waals surface area contributed by atoms with Crippen molar-refractivity contribution >= 4 is 11.7 Å². The molecule has 120 valence electrons. The van der Waals surface area contributed by atoms with E-state index in [1.165, 1.54) is 0 Å². The van der Waals surface area contributed by atoms with Crippen LogP contribution in [-0.2, 0) is 23.9 Å². The highest BCUT2D eigenvalue weighted by Gasteiger charge is 2.21. The lowest BCUT2D eigenvalue weighted by Crippen LogP contribution is -2.27. The SMILES string of the molecule is COCc1cc(C(=O)Nc2cc(C)nn2C(C)(C)C)n(C)n1. The Morgan fingerprint density at radius 3 is 2.59 bits per heavy atom. The van der Waals surface area contributed by atoms with Gasteiger partial charge in [0.1, 0.15) is 11.5 Å². The number of aryl methyl sites for hydroxylation is 2. The summed E-state index contributed by atoms with van der Waals surface area (Å²) in [4.78, 5) is 12.5. The van der Waals surface area contributed by atoms with Crippen molar-refractivity contribution in [3.05, 3.63) is 29.2 Å². The van der Waals surface area contributed by atoms with E-state index < -0.39 is 0 Å². The molecule has 1 N–H and O–H groups in total. The maximum absolute atomic E-state index is 12.5. The van der Waals surface area contributed by atoms with Crippen molar-refractivity contribution in [2.45, 2.75) is 39.8 Å². The molecule has 0 aliphatic heterocycles. The fraction of sp³-hybridized carbons (Fsp3) is 0.533. The van der Waals surface area contributed by atoms with Crippen molar-refractivity contribution in [3.8, 4) is 0 Å². The molecule has 0 saturated carbocycles. The zero-order valence-electron chi connectivity index (χ0n) is 14.0. The maximum Gasteiger partial charge on any atom is 0.275 e. The minimum Gasteiger partial charge on any atom is -0.378 e. The molecule has 7 heteroatoms. The highest BCUT2D eigenvalue weighted by molar-refractivity contribution is 6.02. The Bertz CT molecular complexity index is 679. The molecule has 0 saturated heterocycles. The lowest BCUT2D eigenvalue weighted by atomic mass is 10.1. The van der Waals surface area contributed by atoms with Gasteiger partial charge in [-0.25, -0.2) is 4.68 Å². The van der Waals surface area contributed by atoms with Crippen molar-refractivity contribution in [2.24, 2.45) is 7.05 Å². The quantitative estimate of drug-likeness (QED) is 0.938. The van der Waals surface area contributed by atoms with Gasteiger partial charge in [-0.2, -0.15) is 10.2 Å². The predicted molar refractivity (Wildman–Crippen MR) is 83.8 cm³/mol. The van der Waals surface area contributed by atoms with E-state index >= 15 is 0 Å². The first-order valence-electron chi connectivity index (χ1n) is 7.12. The van der Waals surface area contributed by atoms with Gasteiger partial charge >= 0.3 is 0 Å². The van der Waals surface area contributed by atoms with Crippen molar-refractivity contribution in [2.75, 3.05) is 12.4 Å². The van der Waals surface area contributed by atoms with Gasteiger partial charge in [-0.1, -0.05) is 0 Å². The van der Waals surface area contributed by atoms with Crippen LogP contribution in [0.4, 0.5) is 5.82 Å². The second-order valence-electron chi connectivity index (χ2n) is 6.29. The first kappa shape index (κ1) is 16.2. The van der Waals surface area contributed by atoms with E-state index in [2.05, 4.69) is 15.5 Å². The number of aromatic nitrogens is 4. The van der Waals surface area contributed by atoms with Gasteiger partial charge in [-0.05, 0) is 33.8 Å². The third kappa shape index (κ3) is 3.36. The van der Waals surface area contributed by atoms with Crippen LogP contribution in [0.1, 0.15) is 42.6 Å². The van der Waals surface area contributed by atoms with Gasteiger partial charge in [0.15, 0.2) is 0 Å². The average molecular weight is 305 g/mol. The molecule has 0 bridgehead atoms. The average Bonchev–Trinajstić information content (AvgIpc) is 2.92. The third-order valence-electron chi connectivity index (χ3n) is 3.16. The van der Waals surface area contributed by atoms with Crippen LogP contribution in [0.2, 0.25) is 0 Å². The number of carbonyl (C=O) groups is 1. The van der Waals surface area contributed by atoms with E-state index in [4.69, 9.17) is 4.74 Å². The number of carbonyl (C=O) groups excluding carboxylic acids is 1. The summed E-state index contributed by atoms with van der Waals surface area (Å²) in [6.45, 7) is 8.39. The van der Waals surface area contributed by atoms with E-state index in [0.717, 1.165) is 11.4 Å². The van der Waals surface area contributed by atoms with Crippen LogP contribution in [0.25, 0.3) is 0 Å². The molecule has 0 aliphatic carbocycles. The van der Waals surface area contributed by atoms with Gasteiger partial charge in [-0.3, -0.25) is 9.48 Å². The normalized spacial score (nSPS) is 11.7. The molecule has 2 aromatic rings. The van der Waals surface area contributed by atoms with Crippen LogP contribution < -0.4 is 5.32 Å². The molecule has 0 atom stereocenters. The number of ether oxygens (including phenoxy) is 1. The van der Waals surface area contributed by atoms with Gasteiger partial charge in [0.2, 0.25) is 0 Å². The third-order valence-corrected chi connectivity index (χ3v) is 3.16. The second kappa shape index (κ2) is 5.92. The summed E-state index contributed by atoms with van der Waals surface area (Å²) in [5, 5.41) is 11.6. The van der Waals surface area contributed by atoms with Crippen LogP contribution in [0.15, 0.2) is 12.1 Å². The van der Waals surface area contributed by atoms with E-state index in [9.17, 15) is 4.79 Å². The minimum atomic E-state index is -0.220. The topological polar surface area (TPSA) is 74.0 Å². The van der Waals surface area contributed by atoms with Gasteiger partial charge in [0.05, 0.1) is 23.5 Å². The molecule has 0 fully saturated rings. The van der Waals surface area contributed by atoms with E-state index in [1.54, 1.807) is 24.9 Å². The highest BCUT2D eigenvalue weighted by atomic mass is 16.5. The zero-order chi connectivity index (χ0) is 16.5. The Hall–Kier alpha value is -2.15. The summed E-state index contributed by atoms with van der Waals surface area (Å²) in [5.74, 6) is 0.451. The summed E-state index contributed by atoms with van der Waals surface area (Å²) >= 11 is 0. The largest absolute Gasteiger partial charge is 0.378 e. The molecule has 0 radical (unpaired) electrons. The van der Waals surface area contributed by atoms with Crippen molar-refractivity contribution in [1.82, 2.24) is 19.6 Å². The van der Waals surface area contributed by atoms with Crippen molar-refractivity contribution in [1.29, 1.82) is 0 Å². The second-order valence-corrected chi connectivity index (χ2v) is 6.29. The molecule has 2 aromatic heterocycles. The van der Waals surface area contributed by atoms with E-state index in [1.807, 2.05) is 38.4 Å². The number of methoxy groups -OCH3 is 1. The van der Waals surface area contributed by atoms with Crippen LogP contribution in [0, 0.1) is 6.92 Å². The molecule has 22 heavy (non-hydrogen) atoms. The maximum atomic E-state index is 12.5. The minimum absolute atomic E-state index is 0.218. The molecule has 2 rings (SSSR count). The first-order valence-corrected chi connectivity index (χ1v) is 7.12. The molecule has 2 heterocycles. The summed E-state index contributed by atoms with van der Waals surface area (Å²) < 4.78 is 8.40. The van der Waals surface area contributed by atoms with Gasteiger partial charge < -0.3 is 10.1 Å². The molecule has 0 aromatic carbocycles. The van der Waals surface area contributed by atoms with Gasteiger partial charge in [0.25, 0.3) is 5.91 Å². The first-order chi connectivity index (χ1) is 10.2. The van der Waals surface area contributed by atoms with Crippen LogP contribution in [0.3, 0.4) is 0 Å². The Balaban J connectivity index is 2.26. The Labute approximate surface area is 130 Å². The van der Waals surface area contributed by atoms with Gasteiger partial charge in [-0.15, -0.1) is 0 Å². The summed E-state index contributed by atoms with van der Waals surface area (Å²) in [6, 6.07) is 3.58. The predicted octanol–water partition coefficient (Wildman–Crippen LogP) is 2.08. The molecule has 0 unspecified atom stereocenters. The molecule has 7 nitrogen and oxygen atoms in total. The molecule has 1 amide bonds. The monoisotopic (exact) mass is 305 g/mol. The van der Waals surface area contributed by atoms with Crippen LogP contribution >= 0.6 is 0 Å². The summed E-state index contributed by atoms with van der Waals surface area (Å²) in [7, 11) is 3.33. The number of hydrogen-bond acceptors (Lipinski definition) is 4. The molecular formula is C15H23N5O2. The lowest BCUT2D eigenvalue weighted by Gasteiger charge is -2.22. The fourth-order valence-electron chi connectivity index (χ4n) is 2.24. The smallest absolute Gasteiger partial charge is 0.275 e. The Kier molecular flexibility index (Phi) is 4.37. The number of nitrogens with one attached hydrogen (secondary N) is 1. The zero-order valence-corrected chi connectivity index (χ0v) is 14.0. The van der Waals surface area contributed by atoms with Crippen molar-refractivity contribution in [3.63, 3.8) is 0 Å². The number of amides is 1. The fourth-order valence-corrected chi connectivity index (χ4v) is 2.24. The molecule has 0 spiro atoms. The van der Waals surface area contributed by atoms with Crippen LogP contribution in [-0.4, -0.2) is 32.6 Å². The Morgan fingerprint density at radius 2 is 2.00 bits per heavy atom. The standard InChI is InChI=1S/C15H23N5O2/c1-10-7-13(20(17-10)15(2,3)4)16-14(21)12-8-11(9-22-6)18-19(12)5/h7-8H,9H2,1-6H3,(H,16,21). The highest BCUT2D eigenvalue weighted by Crippen LogP contribution is 2.21. The number of anilines is 1. The number of nitrogens with zero attached hydrogens (tertiary/aromatic N) is 4. The van der Waals surface area contributed by atoms with E-state index in [0.29, 0.717) is 18.1 Å². The van der Waals surface area contributed by atoms with E-state index in [-0.39, 0.29) is 11.4 Å². The lowest BCUT2D eigenvalue weighted by molar-refractivity contribution is 0.101. The summed E-state index contributed by atoms with van der Waals surface area (Å²) in [5.41, 5.74) is 1.84. The van der Waals surface area contributed by atoms with Crippen molar-refractivity contribution < 1.29 is 9.53 Å². The summed E-state index contributed by atoms with van der Waals surface area (Å²) in [6.07, 6.45) is 0. The van der Waals surface area contributed by atoms with Crippen LogP contribution in [0.5, 0.6) is 0 Å². The molecular weight excluding hydrogens is 282 g/mol. The van der Waals surface area contributed by atoms with Gasteiger partial charge in [0, 0.05) is 20.2 Å². The molecule has 0 aliphatic rings. The Morgan fingerprint density at radius 1 is 1.32 bits per heavy atom. The number of rotatable bonds is 4.